The van der Waals surface area contributed by atoms with Crippen molar-refractivity contribution in [1.82, 2.24) is 9.55 Å². The molecule has 4 unspecified atom stereocenters. The Morgan fingerprint density at radius 1 is 0.875 bits per heavy atom. The molecule has 202 valence electrons. The van der Waals surface area contributed by atoms with E-state index in [0.29, 0.717) is 17.8 Å². The smallest absolute Gasteiger partial charge is 0.255 e. The number of aliphatic hydroxyl groups is 1. The summed E-state index contributed by atoms with van der Waals surface area (Å²) >= 11 is 0. The van der Waals surface area contributed by atoms with Crippen LogP contribution in [0.5, 0.6) is 0 Å². The van der Waals surface area contributed by atoms with Crippen LogP contribution in [0, 0.1) is 5.92 Å². The highest BCUT2D eigenvalue weighted by molar-refractivity contribution is 6.04. The van der Waals surface area contributed by atoms with E-state index in [1.54, 1.807) is 12.1 Å². The van der Waals surface area contributed by atoms with E-state index in [0.717, 1.165) is 27.7 Å². The zero-order valence-corrected chi connectivity index (χ0v) is 22.2. The molecule has 6 rings (SSSR count). The predicted octanol–water partition coefficient (Wildman–Crippen LogP) is 6.27. The van der Waals surface area contributed by atoms with Crippen LogP contribution in [0.25, 0.3) is 11.0 Å². The minimum absolute atomic E-state index is 0.00339. The zero-order valence-electron chi connectivity index (χ0n) is 22.2. The number of ether oxygens (including phenoxy) is 2. The van der Waals surface area contributed by atoms with Crippen LogP contribution in [0.2, 0.25) is 0 Å². The minimum Gasteiger partial charge on any atom is -0.392 e. The van der Waals surface area contributed by atoms with Crippen molar-refractivity contribution in [3.8, 4) is 0 Å². The van der Waals surface area contributed by atoms with E-state index >= 15 is 0 Å². The standard InChI is InChI=1S/C33H31N3O4/c1-22-30(19-36-21-34-28-9-5-6-10-29(28)36)39-33(40-31(22)24-13-11-23(20-37)12-14-24)26-15-17-27(18-16-26)35-32(38)25-7-3-2-4-8-25/h2-18,21-22,30-31,33,37H,19-20H2,1H3,(H,35,38). The SMILES string of the molecule is CC1C(Cn2cnc3ccccc32)OC(c2ccc(NC(=O)c3ccccc3)cc2)OC1c1ccc(CO)cc1. The lowest BCUT2D eigenvalue weighted by molar-refractivity contribution is -0.276. The minimum atomic E-state index is -0.600. The average Bonchev–Trinajstić information content (AvgIpc) is 3.42. The van der Waals surface area contributed by atoms with E-state index in [-0.39, 0.29) is 30.6 Å². The third-order valence-electron chi connectivity index (χ3n) is 7.50. The highest BCUT2D eigenvalue weighted by atomic mass is 16.7. The number of benzene rings is 4. The lowest BCUT2D eigenvalue weighted by Crippen LogP contribution is -2.39. The second kappa shape index (κ2) is 11.4. The van der Waals surface area contributed by atoms with E-state index in [1.807, 2.05) is 91.3 Å². The molecule has 4 aromatic carbocycles. The summed E-state index contributed by atoms with van der Waals surface area (Å²) in [6.07, 6.45) is 0.887. The number of nitrogens with one attached hydrogen (secondary N) is 1. The maximum absolute atomic E-state index is 12.6. The molecule has 0 radical (unpaired) electrons. The van der Waals surface area contributed by atoms with Gasteiger partial charge < -0.3 is 24.5 Å². The van der Waals surface area contributed by atoms with Gasteiger partial charge in [-0.25, -0.2) is 4.98 Å². The summed E-state index contributed by atoms with van der Waals surface area (Å²) in [6.45, 7) is 2.77. The monoisotopic (exact) mass is 533 g/mol. The molecule has 0 bridgehead atoms. The van der Waals surface area contributed by atoms with E-state index < -0.39 is 6.29 Å². The first-order chi connectivity index (χ1) is 19.6. The third kappa shape index (κ3) is 5.40. The normalized spacial score (nSPS) is 20.9. The molecule has 7 nitrogen and oxygen atoms in total. The number of imidazole rings is 1. The van der Waals surface area contributed by atoms with Crippen molar-refractivity contribution in [2.24, 2.45) is 5.92 Å². The number of carbonyl (C=O) groups excluding carboxylic acids is 1. The van der Waals surface area contributed by atoms with Gasteiger partial charge in [-0.05, 0) is 47.5 Å². The number of amides is 1. The van der Waals surface area contributed by atoms with Gasteiger partial charge in [0, 0.05) is 22.7 Å². The van der Waals surface area contributed by atoms with E-state index in [4.69, 9.17) is 9.47 Å². The van der Waals surface area contributed by atoms with E-state index in [1.165, 1.54) is 0 Å². The van der Waals surface area contributed by atoms with E-state index in [2.05, 4.69) is 27.9 Å². The maximum Gasteiger partial charge on any atom is 0.255 e. The first-order valence-corrected chi connectivity index (χ1v) is 13.5. The Morgan fingerprint density at radius 3 is 2.33 bits per heavy atom. The molecule has 0 aliphatic carbocycles. The molecule has 1 fully saturated rings. The number of para-hydroxylation sites is 2. The second-order valence-corrected chi connectivity index (χ2v) is 10.1. The topological polar surface area (TPSA) is 85.6 Å². The summed E-state index contributed by atoms with van der Waals surface area (Å²) in [5.41, 5.74) is 6.05. The highest BCUT2D eigenvalue weighted by Crippen LogP contribution is 2.42. The fraction of sp³-hybridized carbons (Fsp3) is 0.212. The number of rotatable bonds is 7. The summed E-state index contributed by atoms with van der Waals surface area (Å²) in [4.78, 5) is 17.1. The van der Waals surface area contributed by atoms with Crippen LogP contribution >= 0.6 is 0 Å². The van der Waals surface area contributed by atoms with Crippen LogP contribution in [0.1, 0.15) is 46.4 Å². The van der Waals surface area contributed by atoms with Crippen molar-refractivity contribution in [2.45, 2.75) is 38.6 Å². The Kier molecular flexibility index (Phi) is 7.42. The van der Waals surface area contributed by atoms with Gasteiger partial charge in [-0.15, -0.1) is 0 Å². The van der Waals surface area contributed by atoms with Gasteiger partial charge in [0.05, 0.1) is 42.7 Å². The summed E-state index contributed by atoms with van der Waals surface area (Å²) in [7, 11) is 0. The van der Waals surface area contributed by atoms with Crippen molar-refractivity contribution < 1.29 is 19.4 Å². The summed E-state index contributed by atoms with van der Waals surface area (Å²) in [5.74, 6) is -0.117. The molecule has 2 heterocycles. The molecular weight excluding hydrogens is 502 g/mol. The van der Waals surface area contributed by atoms with Crippen LogP contribution < -0.4 is 5.32 Å². The fourth-order valence-electron chi connectivity index (χ4n) is 5.19. The van der Waals surface area contributed by atoms with Gasteiger partial charge in [-0.2, -0.15) is 0 Å². The van der Waals surface area contributed by atoms with Crippen molar-refractivity contribution in [3.05, 3.63) is 132 Å². The van der Waals surface area contributed by atoms with Crippen molar-refractivity contribution in [2.75, 3.05) is 5.32 Å². The Bertz CT molecular complexity index is 1580. The summed E-state index contributed by atoms with van der Waals surface area (Å²) in [5, 5.41) is 12.5. The molecule has 7 heteroatoms. The summed E-state index contributed by atoms with van der Waals surface area (Å²) in [6, 6.07) is 32.7. The van der Waals surface area contributed by atoms with Crippen molar-refractivity contribution >= 4 is 22.6 Å². The number of aromatic nitrogens is 2. The van der Waals surface area contributed by atoms with Crippen molar-refractivity contribution in [1.29, 1.82) is 0 Å². The summed E-state index contributed by atoms with van der Waals surface area (Å²) < 4.78 is 15.3. The Balaban J connectivity index is 1.26. The number of fused-ring (bicyclic) bond motifs is 1. The zero-order chi connectivity index (χ0) is 27.5. The van der Waals surface area contributed by atoms with Gasteiger partial charge in [-0.3, -0.25) is 4.79 Å². The van der Waals surface area contributed by atoms with Crippen LogP contribution in [-0.4, -0.2) is 26.7 Å². The molecule has 1 aromatic heterocycles. The molecule has 5 aromatic rings. The molecule has 0 spiro atoms. The molecule has 1 aliphatic rings. The van der Waals surface area contributed by atoms with Gasteiger partial charge in [0.2, 0.25) is 0 Å². The Morgan fingerprint density at radius 2 is 1.57 bits per heavy atom. The number of anilines is 1. The van der Waals surface area contributed by atoms with Crippen LogP contribution in [0.4, 0.5) is 5.69 Å². The first kappa shape index (κ1) is 26.0. The molecule has 40 heavy (non-hydrogen) atoms. The Hall–Kier alpha value is -4.30. The van der Waals surface area contributed by atoms with Gasteiger partial charge in [-0.1, -0.05) is 73.7 Å². The molecule has 1 amide bonds. The molecular formula is C33H31N3O4. The van der Waals surface area contributed by atoms with Gasteiger partial charge in [0.15, 0.2) is 6.29 Å². The van der Waals surface area contributed by atoms with E-state index in [9.17, 15) is 9.90 Å². The number of carbonyl (C=O) groups is 1. The first-order valence-electron chi connectivity index (χ1n) is 13.5. The van der Waals surface area contributed by atoms with Gasteiger partial charge >= 0.3 is 0 Å². The molecule has 4 atom stereocenters. The third-order valence-corrected chi connectivity index (χ3v) is 7.50. The fourth-order valence-corrected chi connectivity index (χ4v) is 5.19. The molecule has 1 saturated heterocycles. The van der Waals surface area contributed by atoms with Gasteiger partial charge in [0.1, 0.15) is 0 Å². The molecule has 1 aliphatic heterocycles. The lowest BCUT2D eigenvalue weighted by Gasteiger charge is -2.41. The van der Waals surface area contributed by atoms with Crippen LogP contribution in [0.15, 0.2) is 109 Å². The molecule has 0 saturated carbocycles. The molecule has 2 N–H and O–H groups in total. The quantitative estimate of drug-likeness (QED) is 0.257. The van der Waals surface area contributed by atoms with Crippen molar-refractivity contribution in [3.63, 3.8) is 0 Å². The van der Waals surface area contributed by atoms with Crippen LogP contribution in [0.3, 0.4) is 0 Å². The highest BCUT2D eigenvalue weighted by Gasteiger charge is 2.38. The number of hydrogen-bond acceptors (Lipinski definition) is 5. The lowest BCUT2D eigenvalue weighted by atomic mass is 9.90. The second-order valence-electron chi connectivity index (χ2n) is 10.1. The number of hydrogen-bond donors (Lipinski definition) is 2. The Labute approximate surface area is 233 Å². The number of aliphatic hydroxyl groups excluding tert-OH is 1. The largest absolute Gasteiger partial charge is 0.392 e. The predicted molar refractivity (Wildman–Crippen MR) is 154 cm³/mol. The average molecular weight is 534 g/mol. The van der Waals surface area contributed by atoms with Gasteiger partial charge in [0.25, 0.3) is 5.91 Å². The maximum atomic E-state index is 12.6. The number of nitrogens with zero attached hydrogens (tertiary/aromatic N) is 2. The van der Waals surface area contributed by atoms with Crippen LogP contribution in [-0.2, 0) is 22.6 Å².